The molecule has 0 spiro atoms. The fourth-order valence-electron chi connectivity index (χ4n) is 0.660. The van der Waals surface area contributed by atoms with Gasteiger partial charge in [-0.3, -0.25) is 0 Å². The van der Waals surface area contributed by atoms with E-state index in [1.54, 1.807) is 6.21 Å². The zero-order chi connectivity index (χ0) is 7.94. The molecule has 0 fully saturated rings. The zero-order valence-electron chi connectivity index (χ0n) is 5.70. The van der Waals surface area contributed by atoms with Gasteiger partial charge in [-0.05, 0) is 5.56 Å². The largest absolute Gasteiger partial charge is 0.242 e. The van der Waals surface area contributed by atoms with Gasteiger partial charge in [0.15, 0.2) is 0 Å². The normalized spacial score (nSPS) is 10.3. The highest BCUT2D eigenvalue weighted by Crippen LogP contribution is 2.03. The van der Waals surface area contributed by atoms with E-state index >= 15 is 0 Å². The minimum atomic E-state index is 1.10. The molecule has 11 heavy (non-hydrogen) atoms. The minimum absolute atomic E-state index is 1.10. The molecule has 0 aliphatic heterocycles. The van der Waals surface area contributed by atoms with E-state index in [4.69, 9.17) is 0 Å². The molecule has 0 saturated heterocycles. The Labute approximate surface area is 82.2 Å². The van der Waals surface area contributed by atoms with Crippen LogP contribution in [0.4, 0.5) is 0 Å². The Kier molecular flexibility index (Phi) is 4.37. The third-order valence-corrected chi connectivity index (χ3v) is 1.87. The third-order valence-electron chi connectivity index (χ3n) is 1.10. The fraction of sp³-hybridized carbons (Fsp3) is 0. The van der Waals surface area contributed by atoms with Crippen molar-refractivity contribution in [3.63, 3.8) is 0 Å². The van der Waals surface area contributed by atoms with Crippen LogP contribution in [0, 0.1) is 0 Å². The number of nitrogens with zero attached hydrogens (tertiary/aromatic N) is 1. The van der Waals surface area contributed by atoms with Gasteiger partial charge in [-0.1, -0.05) is 30.3 Å². The molecule has 4 heteroatoms. The van der Waals surface area contributed by atoms with Crippen LogP contribution in [0.15, 0.2) is 35.4 Å². The smallest absolute Gasteiger partial charge is 0.0550 e. The number of halogens is 1. The van der Waals surface area contributed by atoms with Crippen molar-refractivity contribution in [1.29, 1.82) is 0 Å². The lowest BCUT2D eigenvalue weighted by atomic mass is 10.2. The van der Waals surface area contributed by atoms with Crippen LogP contribution in [0.25, 0.3) is 0 Å². The second-order valence-electron chi connectivity index (χ2n) is 1.84. The fourth-order valence-corrected chi connectivity index (χ4v) is 1.09. The van der Waals surface area contributed by atoms with Gasteiger partial charge in [0.05, 0.1) is 6.21 Å². The summed E-state index contributed by atoms with van der Waals surface area (Å²) in [5.41, 5.74) is 1.10. The van der Waals surface area contributed by atoms with Gasteiger partial charge in [-0.25, -0.2) is 4.83 Å². The zero-order valence-corrected chi connectivity index (χ0v) is 8.67. The van der Waals surface area contributed by atoms with Crippen molar-refractivity contribution in [2.45, 2.75) is 0 Å². The Morgan fingerprint density at radius 3 is 2.73 bits per heavy atom. The number of rotatable bonds is 3. The SMILES string of the molecule is ISN/N=C/c1ccccc1. The van der Waals surface area contributed by atoms with Crippen molar-refractivity contribution in [3.8, 4) is 0 Å². The standard InChI is InChI=1S/C7H7IN2S/c8-11-10-9-6-7-4-2-1-3-5-7/h1-6,10H/b9-6+. The molecule has 0 aliphatic rings. The molecule has 0 saturated carbocycles. The maximum Gasteiger partial charge on any atom is 0.0550 e. The van der Waals surface area contributed by atoms with E-state index in [0.717, 1.165) is 5.56 Å². The van der Waals surface area contributed by atoms with Gasteiger partial charge in [0.25, 0.3) is 0 Å². The van der Waals surface area contributed by atoms with Gasteiger partial charge in [0, 0.05) is 30.3 Å². The third kappa shape index (κ3) is 3.62. The Balaban J connectivity index is 2.50. The topological polar surface area (TPSA) is 24.4 Å². The van der Waals surface area contributed by atoms with E-state index < -0.39 is 0 Å². The molecule has 0 unspecified atom stereocenters. The summed E-state index contributed by atoms with van der Waals surface area (Å²) >= 11 is 2.12. The maximum absolute atomic E-state index is 3.94. The second kappa shape index (κ2) is 5.42. The minimum Gasteiger partial charge on any atom is -0.242 e. The van der Waals surface area contributed by atoms with Crippen molar-refractivity contribution in [3.05, 3.63) is 35.9 Å². The molecule has 0 amide bonds. The first-order chi connectivity index (χ1) is 5.43. The summed E-state index contributed by atoms with van der Waals surface area (Å²) < 4.78 is 0. The lowest BCUT2D eigenvalue weighted by Gasteiger charge is -1.90. The van der Waals surface area contributed by atoms with Crippen molar-refractivity contribution in [2.75, 3.05) is 0 Å². The molecular weight excluding hydrogens is 271 g/mol. The number of nitrogens with one attached hydrogen (secondary N) is 1. The maximum atomic E-state index is 3.94. The summed E-state index contributed by atoms with van der Waals surface area (Å²) in [5.74, 6) is 0. The number of hydrogen-bond donors (Lipinski definition) is 1. The van der Waals surface area contributed by atoms with Gasteiger partial charge in [0.1, 0.15) is 0 Å². The van der Waals surface area contributed by atoms with Crippen molar-refractivity contribution in [1.82, 2.24) is 4.83 Å². The molecule has 0 atom stereocenters. The monoisotopic (exact) mass is 278 g/mol. The van der Waals surface area contributed by atoms with Crippen LogP contribution in [0.1, 0.15) is 5.56 Å². The van der Waals surface area contributed by atoms with Crippen LogP contribution in [0.5, 0.6) is 0 Å². The Morgan fingerprint density at radius 2 is 2.09 bits per heavy atom. The molecule has 58 valence electrons. The average Bonchev–Trinajstić information content (AvgIpc) is 2.07. The van der Waals surface area contributed by atoms with Crippen LogP contribution in [-0.2, 0) is 0 Å². The van der Waals surface area contributed by atoms with Gasteiger partial charge in [0.2, 0.25) is 0 Å². The second-order valence-corrected chi connectivity index (χ2v) is 3.50. The van der Waals surface area contributed by atoms with Gasteiger partial charge in [-0.15, -0.1) is 0 Å². The van der Waals surface area contributed by atoms with Gasteiger partial charge in [-0.2, -0.15) is 5.10 Å². The molecule has 1 aromatic carbocycles. The molecule has 1 rings (SSSR count). The lowest BCUT2D eigenvalue weighted by Crippen LogP contribution is -1.88. The van der Waals surface area contributed by atoms with E-state index in [-0.39, 0.29) is 0 Å². The van der Waals surface area contributed by atoms with Crippen LogP contribution in [-0.4, -0.2) is 6.21 Å². The first-order valence-corrected chi connectivity index (χ1v) is 6.40. The molecule has 0 radical (unpaired) electrons. The van der Waals surface area contributed by atoms with Crippen LogP contribution in [0.3, 0.4) is 0 Å². The highest BCUT2D eigenvalue weighted by atomic mass is 127. The molecule has 1 aromatic rings. The number of benzene rings is 1. The lowest BCUT2D eigenvalue weighted by molar-refractivity contribution is 1.14. The Hall–Kier alpha value is -0.230. The summed E-state index contributed by atoms with van der Waals surface area (Å²) in [6.07, 6.45) is 1.78. The van der Waals surface area contributed by atoms with Gasteiger partial charge >= 0.3 is 0 Å². The first-order valence-electron chi connectivity index (χ1n) is 3.04. The molecule has 0 bridgehead atoms. The highest BCUT2D eigenvalue weighted by Gasteiger charge is 1.81. The molecule has 1 N–H and O–H groups in total. The summed E-state index contributed by atoms with van der Waals surface area (Å²) in [7, 11) is 1.44. The predicted molar refractivity (Wildman–Crippen MR) is 58.8 cm³/mol. The summed E-state index contributed by atoms with van der Waals surface area (Å²) in [6, 6.07) is 9.96. The van der Waals surface area contributed by atoms with E-state index in [0.29, 0.717) is 0 Å². The Morgan fingerprint density at radius 1 is 1.36 bits per heavy atom. The molecular formula is C7H7IN2S. The molecule has 0 heterocycles. The van der Waals surface area contributed by atoms with Crippen molar-refractivity contribution in [2.24, 2.45) is 5.10 Å². The van der Waals surface area contributed by atoms with Crippen molar-refractivity contribution < 1.29 is 0 Å². The van der Waals surface area contributed by atoms with E-state index in [1.165, 1.54) is 9.12 Å². The summed E-state index contributed by atoms with van der Waals surface area (Å²) in [6.45, 7) is 0. The van der Waals surface area contributed by atoms with Crippen LogP contribution in [0.2, 0.25) is 0 Å². The summed E-state index contributed by atoms with van der Waals surface area (Å²) in [5, 5.41) is 3.94. The van der Waals surface area contributed by atoms with Crippen LogP contribution >= 0.6 is 30.3 Å². The van der Waals surface area contributed by atoms with Crippen molar-refractivity contribution >= 4 is 36.5 Å². The van der Waals surface area contributed by atoms with E-state index in [1.807, 2.05) is 30.3 Å². The van der Waals surface area contributed by atoms with Gasteiger partial charge < -0.3 is 0 Å². The van der Waals surface area contributed by atoms with E-state index in [2.05, 4.69) is 31.1 Å². The quantitative estimate of drug-likeness (QED) is 0.398. The highest BCUT2D eigenvalue weighted by molar-refractivity contribution is 14.2. The van der Waals surface area contributed by atoms with E-state index in [9.17, 15) is 0 Å². The van der Waals surface area contributed by atoms with Crippen LogP contribution < -0.4 is 4.83 Å². The Bertz CT molecular complexity index is 225. The molecule has 2 nitrogen and oxygen atoms in total. The summed E-state index contributed by atoms with van der Waals surface area (Å²) in [4.78, 5) is 2.77. The number of hydrazone groups is 1. The first kappa shape index (κ1) is 8.86. The average molecular weight is 278 g/mol. The number of hydrogen-bond acceptors (Lipinski definition) is 3. The molecule has 0 aliphatic carbocycles. The molecule has 0 aromatic heterocycles. The predicted octanol–water partition coefficient (Wildman–Crippen LogP) is 2.61.